The fraction of sp³-hybridized carbons (Fsp3) is 0.263. The maximum absolute atomic E-state index is 12.3. The van der Waals surface area contributed by atoms with E-state index < -0.39 is 0 Å². The summed E-state index contributed by atoms with van der Waals surface area (Å²) in [5.41, 5.74) is 5.00. The minimum absolute atomic E-state index is 0.355. The molecule has 25 heavy (non-hydrogen) atoms. The van der Waals surface area contributed by atoms with Gasteiger partial charge >= 0.3 is 0 Å². The number of aryl methyl sites for hydroxylation is 1. The number of carbonyl (C=O) groups excluding carboxylic acids is 1. The molecule has 6 nitrogen and oxygen atoms in total. The number of amides is 1. The van der Waals surface area contributed by atoms with E-state index in [0.29, 0.717) is 22.8 Å². The maximum Gasteiger partial charge on any atom is 0.271 e. The molecule has 2 rings (SSSR count). The molecule has 132 valence electrons. The van der Waals surface area contributed by atoms with Gasteiger partial charge in [0.25, 0.3) is 5.91 Å². The summed E-state index contributed by atoms with van der Waals surface area (Å²) in [6.07, 6.45) is 2.57. The lowest BCUT2D eigenvalue weighted by Crippen LogP contribution is -2.18. The van der Waals surface area contributed by atoms with Crippen LogP contribution in [0, 0.1) is 0 Å². The van der Waals surface area contributed by atoms with Crippen molar-refractivity contribution in [1.29, 1.82) is 0 Å². The van der Waals surface area contributed by atoms with Crippen molar-refractivity contribution in [3.63, 3.8) is 0 Å². The standard InChI is InChI=1S/C19H22N2O4/c1-5-13-6-8-14(9-7-13)12-20-21-19(22)15-10-16(23-2)18(25-4)17(11-15)24-3/h6-12H,5H2,1-4H3,(H,21,22)/b20-12-. The maximum atomic E-state index is 12.3. The van der Waals surface area contributed by atoms with E-state index in [2.05, 4.69) is 17.5 Å². The Bertz CT molecular complexity index is 730. The van der Waals surface area contributed by atoms with E-state index >= 15 is 0 Å². The molecule has 0 saturated carbocycles. The molecule has 6 heteroatoms. The van der Waals surface area contributed by atoms with Gasteiger partial charge in [0.2, 0.25) is 5.75 Å². The van der Waals surface area contributed by atoms with Crippen molar-refractivity contribution in [3.8, 4) is 17.2 Å². The van der Waals surface area contributed by atoms with Gasteiger partial charge in [-0.2, -0.15) is 5.10 Å². The third-order valence-electron chi connectivity index (χ3n) is 3.69. The van der Waals surface area contributed by atoms with E-state index in [1.54, 1.807) is 18.3 Å². The molecule has 0 fully saturated rings. The Morgan fingerprint density at radius 1 is 1.04 bits per heavy atom. The molecular weight excluding hydrogens is 320 g/mol. The van der Waals surface area contributed by atoms with Gasteiger partial charge in [-0.25, -0.2) is 5.43 Å². The Balaban J connectivity index is 2.13. The Hall–Kier alpha value is -3.02. The van der Waals surface area contributed by atoms with Gasteiger partial charge in [-0.3, -0.25) is 4.79 Å². The summed E-state index contributed by atoms with van der Waals surface area (Å²) >= 11 is 0. The lowest BCUT2D eigenvalue weighted by atomic mass is 10.1. The van der Waals surface area contributed by atoms with Gasteiger partial charge in [0.05, 0.1) is 27.5 Å². The lowest BCUT2D eigenvalue weighted by Gasteiger charge is -2.13. The molecule has 2 aromatic rings. The zero-order valence-corrected chi connectivity index (χ0v) is 14.8. The van der Waals surface area contributed by atoms with Crippen molar-refractivity contribution in [2.75, 3.05) is 21.3 Å². The molecule has 1 amide bonds. The molecule has 0 unspecified atom stereocenters. The number of hydrogen-bond donors (Lipinski definition) is 1. The Labute approximate surface area is 147 Å². The normalized spacial score (nSPS) is 10.6. The number of hydrogen-bond acceptors (Lipinski definition) is 5. The van der Waals surface area contributed by atoms with Crippen LogP contribution in [0.2, 0.25) is 0 Å². The van der Waals surface area contributed by atoms with E-state index in [4.69, 9.17) is 14.2 Å². The number of nitrogens with zero attached hydrogens (tertiary/aromatic N) is 1. The lowest BCUT2D eigenvalue weighted by molar-refractivity contribution is 0.0954. The predicted octanol–water partition coefficient (Wildman–Crippen LogP) is 3.04. The van der Waals surface area contributed by atoms with Crippen molar-refractivity contribution >= 4 is 12.1 Å². The molecule has 0 bridgehead atoms. The average molecular weight is 342 g/mol. The average Bonchev–Trinajstić information content (AvgIpc) is 2.67. The highest BCUT2D eigenvalue weighted by atomic mass is 16.5. The minimum atomic E-state index is -0.374. The van der Waals surface area contributed by atoms with Gasteiger partial charge in [0.1, 0.15) is 0 Å². The van der Waals surface area contributed by atoms with Gasteiger partial charge < -0.3 is 14.2 Å². The zero-order valence-electron chi connectivity index (χ0n) is 14.8. The van der Waals surface area contributed by atoms with Crippen molar-refractivity contribution in [2.24, 2.45) is 5.10 Å². The molecule has 0 spiro atoms. The van der Waals surface area contributed by atoms with Gasteiger partial charge in [0.15, 0.2) is 11.5 Å². The first-order valence-electron chi connectivity index (χ1n) is 7.85. The highest BCUT2D eigenvalue weighted by Crippen LogP contribution is 2.38. The first kappa shape index (κ1) is 18.3. The third-order valence-corrected chi connectivity index (χ3v) is 3.69. The summed E-state index contributed by atoms with van der Waals surface area (Å²) in [6, 6.07) is 11.1. The van der Waals surface area contributed by atoms with Crippen LogP contribution in [-0.4, -0.2) is 33.5 Å². The number of carbonyl (C=O) groups is 1. The van der Waals surface area contributed by atoms with E-state index in [0.717, 1.165) is 12.0 Å². The predicted molar refractivity (Wildman–Crippen MR) is 97.0 cm³/mol. The van der Waals surface area contributed by atoms with Crippen LogP contribution >= 0.6 is 0 Å². The van der Waals surface area contributed by atoms with E-state index in [1.165, 1.54) is 26.9 Å². The molecule has 0 atom stereocenters. The molecule has 0 aromatic heterocycles. The summed E-state index contributed by atoms with van der Waals surface area (Å²) in [6.45, 7) is 2.10. The monoisotopic (exact) mass is 342 g/mol. The SMILES string of the molecule is CCc1ccc(/C=N\NC(=O)c2cc(OC)c(OC)c(OC)c2)cc1. The quantitative estimate of drug-likeness (QED) is 0.620. The molecular formula is C19H22N2O4. The van der Waals surface area contributed by atoms with Crippen LogP contribution in [0.15, 0.2) is 41.5 Å². The van der Waals surface area contributed by atoms with Gasteiger partial charge in [-0.1, -0.05) is 31.2 Å². The summed E-state index contributed by atoms with van der Waals surface area (Å²) in [5, 5.41) is 3.99. The second kappa shape index (κ2) is 8.73. The van der Waals surface area contributed by atoms with Crippen LogP contribution in [0.4, 0.5) is 0 Å². The second-order valence-electron chi connectivity index (χ2n) is 5.21. The van der Waals surface area contributed by atoms with Crippen LogP contribution in [0.5, 0.6) is 17.2 Å². The summed E-state index contributed by atoms with van der Waals surface area (Å²) in [5.74, 6) is 0.874. The summed E-state index contributed by atoms with van der Waals surface area (Å²) < 4.78 is 15.7. The molecule has 0 aliphatic rings. The van der Waals surface area contributed by atoms with E-state index in [9.17, 15) is 4.79 Å². The Kier molecular flexibility index (Phi) is 6.39. The Morgan fingerprint density at radius 3 is 2.12 bits per heavy atom. The number of nitrogens with one attached hydrogen (secondary N) is 1. The number of benzene rings is 2. The largest absolute Gasteiger partial charge is 0.493 e. The van der Waals surface area contributed by atoms with Crippen molar-refractivity contribution in [3.05, 3.63) is 53.1 Å². The van der Waals surface area contributed by atoms with Crippen molar-refractivity contribution < 1.29 is 19.0 Å². The van der Waals surface area contributed by atoms with Gasteiger partial charge in [0, 0.05) is 5.56 Å². The highest BCUT2D eigenvalue weighted by molar-refractivity contribution is 5.96. The first-order chi connectivity index (χ1) is 12.1. The van der Waals surface area contributed by atoms with Crippen LogP contribution in [0.3, 0.4) is 0 Å². The second-order valence-corrected chi connectivity index (χ2v) is 5.21. The zero-order chi connectivity index (χ0) is 18.2. The topological polar surface area (TPSA) is 69.2 Å². The summed E-state index contributed by atoms with van der Waals surface area (Å²) in [7, 11) is 4.50. The Morgan fingerprint density at radius 2 is 1.64 bits per heavy atom. The molecule has 2 aromatic carbocycles. The van der Waals surface area contributed by atoms with Crippen molar-refractivity contribution in [2.45, 2.75) is 13.3 Å². The minimum Gasteiger partial charge on any atom is -0.493 e. The third kappa shape index (κ3) is 4.50. The first-order valence-corrected chi connectivity index (χ1v) is 7.85. The highest BCUT2D eigenvalue weighted by Gasteiger charge is 2.16. The summed E-state index contributed by atoms with van der Waals surface area (Å²) in [4.78, 5) is 12.3. The van der Waals surface area contributed by atoms with Crippen molar-refractivity contribution in [1.82, 2.24) is 5.43 Å². The molecule has 0 saturated heterocycles. The van der Waals surface area contributed by atoms with Crippen LogP contribution < -0.4 is 19.6 Å². The molecule has 0 radical (unpaired) electrons. The van der Waals surface area contributed by atoms with E-state index in [1.807, 2.05) is 24.3 Å². The molecule has 0 aliphatic carbocycles. The van der Waals surface area contributed by atoms with E-state index in [-0.39, 0.29) is 5.91 Å². The fourth-order valence-corrected chi connectivity index (χ4v) is 2.28. The van der Waals surface area contributed by atoms with Gasteiger partial charge in [-0.15, -0.1) is 0 Å². The van der Waals surface area contributed by atoms with Crippen LogP contribution in [0.1, 0.15) is 28.4 Å². The smallest absolute Gasteiger partial charge is 0.271 e. The van der Waals surface area contributed by atoms with Crippen LogP contribution in [0.25, 0.3) is 0 Å². The number of rotatable bonds is 7. The van der Waals surface area contributed by atoms with Gasteiger partial charge in [-0.05, 0) is 29.7 Å². The number of ether oxygens (including phenoxy) is 3. The molecule has 1 N–H and O–H groups in total. The number of methoxy groups -OCH3 is 3. The fourth-order valence-electron chi connectivity index (χ4n) is 2.28. The molecule has 0 heterocycles. The number of hydrazone groups is 1. The van der Waals surface area contributed by atoms with Crippen LogP contribution in [-0.2, 0) is 6.42 Å². The molecule has 0 aliphatic heterocycles.